The molecule has 1 unspecified atom stereocenters. The van der Waals surface area contributed by atoms with Crippen LogP contribution in [0.3, 0.4) is 0 Å². The number of hydrogen-bond acceptors (Lipinski definition) is 7. The van der Waals surface area contributed by atoms with Crippen LogP contribution in [0.25, 0.3) is 5.69 Å². The van der Waals surface area contributed by atoms with Crippen LogP contribution in [0.5, 0.6) is 17.2 Å². The number of carbonyl (C=O) groups excluding carboxylic acids is 1. The lowest BCUT2D eigenvalue weighted by molar-refractivity contribution is -0.141. The van der Waals surface area contributed by atoms with E-state index in [0.717, 1.165) is 5.69 Å². The van der Waals surface area contributed by atoms with Crippen LogP contribution < -0.4 is 14.2 Å². The number of tetrazole rings is 1. The Morgan fingerprint density at radius 3 is 2.44 bits per heavy atom. The average molecular weight is 340 g/mol. The third-order valence-electron chi connectivity index (χ3n) is 3.37. The predicted octanol–water partition coefficient (Wildman–Crippen LogP) is 2.04. The van der Waals surface area contributed by atoms with Gasteiger partial charge >= 0.3 is 5.97 Å². The molecule has 0 saturated carbocycles. The first-order valence-corrected chi connectivity index (χ1v) is 7.52. The Morgan fingerprint density at radius 2 is 1.80 bits per heavy atom. The van der Waals surface area contributed by atoms with Crippen LogP contribution in [0, 0.1) is 0 Å². The molecule has 2 aromatic carbocycles. The highest BCUT2D eigenvalue weighted by atomic mass is 16.6. The van der Waals surface area contributed by atoms with Crippen LogP contribution in [-0.4, -0.2) is 39.4 Å². The molecule has 1 atom stereocenters. The zero-order valence-corrected chi connectivity index (χ0v) is 13.7. The minimum atomic E-state index is -0.796. The molecule has 3 rings (SSSR count). The summed E-state index contributed by atoms with van der Waals surface area (Å²) in [7, 11) is 1.54. The van der Waals surface area contributed by atoms with Crippen molar-refractivity contribution in [2.75, 3.05) is 7.11 Å². The molecule has 128 valence electrons. The van der Waals surface area contributed by atoms with Gasteiger partial charge in [-0.3, -0.25) is 0 Å². The molecule has 0 amide bonds. The van der Waals surface area contributed by atoms with E-state index < -0.39 is 12.1 Å². The van der Waals surface area contributed by atoms with Gasteiger partial charge in [-0.2, -0.15) is 0 Å². The van der Waals surface area contributed by atoms with Gasteiger partial charge in [0.05, 0.1) is 12.8 Å². The van der Waals surface area contributed by atoms with Gasteiger partial charge in [0.15, 0.2) is 17.6 Å². The molecule has 0 radical (unpaired) electrons. The number of para-hydroxylation sites is 2. The fourth-order valence-corrected chi connectivity index (χ4v) is 2.10. The summed E-state index contributed by atoms with van der Waals surface area (Å²) < 4.78 is 17.6. The molecule has 0 N–H and O–H groups in total. The molecule has 1 heterocycles. The van der Waals surface area contributed by atoms with E-state index >= 15 is 0 Å². The number of hydrogen-bond donors (Lipinski definition) is 0. The monoisotopic (exact) mass is 340 g/mol. The summed E-state index contributed by atoms with van der Waals surface area (Å²) >= 11 is 0. The SMILES string of the molecule is COc1ccccc1OC(C)C(=O)Oc1ccc(-n2cnnn2)cc1. The average Bonchev–Trinajstić information content (AvgIpc) is 3.17. The third kappa shape index (κ3) is 3.92. The highest BCUT2D eigenvalue weighted by Gasteiger charge is 2.19. The Bertz CT molecular complexity index is 834. The van der Waals surface area contributed by atoms with E-state index in [-0.39, 0.29) is 0 Å². The van der Waals surface area contributed by atoms with Crippen LogP contribution >= 0.6 is 0 Å². The van der Waals surface area contributed by atoms with Gasteiger partial charge in [0.25, 0.3) is 0 Å². The van der Waals surface area contributed by atoms with E-state index in [1.165, 1.54) is 18.1 Å². The van der Waals surface area contributed by atoms with Crippen molar-refractivity contribution in [2.45, 2.75) is 13.0 Å². The maximum atomic E-state index is 12.2. The van der Waals surface area contributed by atoms with Gasteiger partial charge in [-0.1, -0.05) is 12.1 Å². The number of benzene rings is 2. The van der Waals surface area contributed by atoms with E-state index in [0.29, 0.717) is 17.2 Å². The van der Waals surface area contributed by atoms with Crippen LogP contribution in [0.1, 0.15) is 6.92 Å². The first-order valence-electron chi connectivity index (χ1n) is 7.52. The number of esters is 1. The smallest absolute Gasteiger partial charge is 0.352 e. The molecule has 0 aliphatic carbocycles. The van der Waals surface area contributed by atoms with Crippen molar-refractivity contribution in [1.29, 1.82) is 0 Å². The second kappa shape index (κ2) is 7.43. The van der Waals surface area contributed by atoms with Crippen molar-refractivity contribution in [1.82, 2.24) is 20.2 Å². The second-order valence-corrected chi connectivity index (χ2v) is 5.08. The Labute approximate surface area is 143 Å². The fourth-order valence-electron chi connectivity index (χ4n) is 2.10. The Balaban J connectivity index is 1.63. The number of methoxy groups -OCH3 is 1. The Kier molecular flexibility index (Phi) is 4.89. The zero-order chi connectivity index (χ0) is 17.6. The van der Waals surface area contributed by atoms with E-state index in [1.807, 2.05) is 6.07 Å². The Hall–Kier alpha value is -3.42. The lowest BCUT2D eigenvalue weighted by Gasteiger charge is -2.15. The summed E-state index contributed by atoms with van der Waals surface area (Å²) in [5.74, 6) is 0.912. The highest BCUT2D eigenvalue weighted by molar-refractivity contribution is 5.77. The van der Waals surface area contributed by atoms with Crippen molar-refractivity contribution in [2.24, 2.45) is 0 Å². The second-order valence-electron chi connectivity index (χ2n) is 5.08. The molecule has 8 heteroatoms. The van der Waals surface area contributed by atoms with E-state index in [4.69, 9.17) is 14.2 Å². The molecule has 0 aliphatic rings. The highest BCUT2D eigenvalue weighted by Crippen LogP contribution is 2.27. The molecular weight excluding hydrogens is 324 g/mol. The van der Waals surface area contributed by atoms with Crippen LogP contribution in [-0.2, 0) is 4.79 Å². The summed E-state index contributed by atoms with van der Waals surface area (Å²) in [5, 5.41) is 10.9. The topological polar surface area (TPSA) is 88.4 Å². The van der Waals surface area contributed by atoms with Gasteiger partial charge in [0, 0.05) is 0 Å². The fraction of sp³-hybridized carbons (Fsp3) is 0.176. The number of aromatic nitrogens is 4. The first kappa shape index (κ1) is 16.4. The third-order valence-corrected chi connectivity index (χ3v) is 3.37. The lowest BCUT2D eigenvalue weighted by Crippen LogP contribution is -2.28. The van der Waals surface area contributed by atoms with Gasteiger partial charge in [-0.15, -0.1) is 5.10 Å². The van der Waals surface area contributed by atoms with Gasteiger partial charge in [0.2, 0.25) is 0 Å². The van der Waals surface area contributed by atoms with Crippen molar-refractivity contribution >= 4 is 5.97 Å². The molecule has 0 bridgehead atoms. The molecule has 0 fully saturated rings. The minimum absolute atomic E-state index is 0.400. The van der Waals surface area contributed by atoms with Gasteiger partial charge in [-0.25, -0.2) is 9.48 Å². The van der Waals surface area contributed by atoms with E-state index in [9.17, 15) is 4.79 Å². The predicted molar refractivity (Wildman–Crippen MR) is 87.9 cm³/mol. The summed E-state index contributed by atoms with van der Waals surface area (Å²) in [6, 6.07) is 13.9. The maximum absolute atomic E-state index is 12.2. The number of carbonyl (C=O) groups is 1. The zero-order valence-electron chi connectivity index (χ0n) is 13.7. The summed E-state index contributed by atoms with van der Waals surface area (Å²) in [6.07, 6.45) is 0.681. The van der Waals surface area contributed by atoms with Gasteiger partial charge < -0.3 is 14.2 Å². The van der Waals surface area contributed by atoms with E-state index in [1.54, 1.807) is 49.4 Å². The molecule has 1 aromatic heterocycles. The number of rotatable bonds is 6. The molecule has 0 aliphatic heterocycles. The number of ether oxygens (including phenoxy) is 3. The molecular formula is C17H16N4O4. The quantitative estimate of drug-likeness (QED) is 0.501. The van der Waals surface area contributed by atoms with Crippen molar-refractivity contribution < 1.29 is 19.0 Å². The molecule has 3 aromatic rings. The van der Waals surface area contributed by atoms with Gasteiger partial charge in [0.1, 0.15) is 12.1 Å². The summed E-state index contributed by atoms with van der Waals surface area (Å²) in [4.78, 5) is 12.2. The molecule has 0 saturated heterocycles. The van der Waals surface area contributed by atoms with Gasteiger partial charge in [-0.05, 0) is 53.7 Å². The normalized spacial score (nSPS) is 11.6. The minimum Gasteiger partial charge on any atom is -0.493 e. The maximum Gasteiger partial charge on any atom is 0.352 e. The molecule has 25 heavy (non-hydrogen) atoms. The van der Waals surface area contributed by atoms with Crippen molar-refractivity contribution in [3.05, 3.63) is 54.9 Å². The molecule has 8 nitrogen and oxygen atoms in total. The largest absolute Gasteiger partial charge is 0.493 e. The first-order chi connectivity index (χ1) is 12.2. The van der Waals surface area contributed by atoms with Crippen LogP contribution in [0.2, 0.25) is 0 Å². The van der Waals surface area contributed by atoms with E-state index in [2.05, 4.69) is 15.5 Å². The van der Waals surface area contributed by atoms with Crippen molar-refractivity contribution in [3.8, 4) is 22.9 Å². The number of nitrogens with zero attached hydrogens (tertiary/aromatic N) is 4. The van der Waals surface area contributed by atoms with Crippen LogP contribution in [0.4, 0.5) is 0 Å². The summed E-state index contributed by atoms with van der Waals surface area (Å²) in [6.45, 7) is 1.62. The Morgan fingerprint density at radius 1 is 1.08 bits per heavy atom. The standard InChI is InChI=1S/C17H16N4O4/c1-12(24-16-6-4-3-5-15(16)23-2)17(22)25-14-9-7-13(8-10-14)21-11-18-19-20-21/h3-12H,1-2H3. The lowest BCUT2D eigenvalue weighted by atomic mass is 10.3. The summed E-state index contributed by atoms with van der Waals surface area (Å²) in [5.41, 5.74) is 0.753. The van der Waals surface area contributed by atoms with Crippen molar-refractivity contribution in [3.63, 3.8) is 0 Å². The van der Waals surface area contributed by atoms with Crippen LogP contribution in [0.15, 0.2) is 54.9 Å². The molecule has 0 spiro atoms.